The Kier molecular flexibility index (Phi) is 35.8. The lowest BCUT2D eigenvalue weighted by Crippen LogP contribution is -2.52. The van der Waals surface area contributed by atoms with Gasteiger partial charge in [-0.1, -0.05) is 58.6 Å². The van der Waals surface area contributed by atoms with Gasteiger partial charge in [-0.2, -0.15) is 0 Å². The summed E-state index contributed by atoms with van der Waals surface area (Å²) in [6.45, 7) is 31.4. The molecule has 24 nitrogen and oxygen atoms in total. The normalized spacial score (nSPS) is 32.8. The number of likely N-dealkylation sites (tertiary alicyclic amines) is 6. The van der Waals surface area contributed by atoms with Gasteiger partial charge in [0, 0.05) is 48.3 Å². The van der Waals surface area contributed by atoms with E-state index in [9.17, 15) is 33.6 Å². The molecular formula is C66H110N12O12. The number of rotatable bonds is 21. The Morgan fingerprint density at radius 2 is 0.667 bits per heavy atom. The summed E-state index contributed by atoms with van der Waals surface area (Å²) in [7, 11) is 11.5. The highest BCUT2D eigenvalue weighted by Crippen LogP contribution is 2.34. The molecule has 0 saturated carbocycles. The van der Waals surface area contributed by atoms with Gasteiger partial charge in [0.25, 0.3) is 0 Å². The van der Waals surface area contributed by atoms with E-state index in [-0.39, 0.29) is 137 Å². The molecule has 22 atom stereocenters. The van der Waals surface area contributed by atoms with Crippen LogP contribution in [0.25, 0.3) is 0 Å². The molecule has 0 aromatic heterocycles. The number of carboxylic acid groups (broad SMARTS) is 1. The van der Waals surface area contributed by atoms with Gasteiger partial charge in [0.05, 0.1) is 66.3 Å². The Hall–Kier alpha value is -6.07. The Balaban J connectivity index is 0.000000541. The van der Waals surface area contributed by atoms with E-state index in [1.54, 1.807) is 52.6 Å². The third kappa shape index (κ3) is 22.6. The summed E-state index contributed by atoms with van der Waals surface area (Å²) in [5, 5.41) is 8.95. The van der Waals surface area contributed by atoms with E-state index in [4.69, 9.17) is 61.6 Å². The minimum atomic E-state index is -0.856. The van der Waals surface area contributed by atoms with Crippen molar-refractivity contribution in [2.24, 2.45) is 35.1 Å². The predicted molar refractivity (Wildman–Crippen MR) is 349 cm³/mol. The van der Waals surface area contributed by atoms with Gasteiger partial charge in [-0.05, 0) is 168 Å². The first-order valence-corrected chi connectivity index (χ1v) is 30.8. The van der Waals surface area contributed by atoms with Crippen molar-refractivity contribution in [2.45, 2.75) is 237 Å². The van der Waals surface area contributed by atoms with Crippen LogP contribution in [0, 0.1) is 73.8 Å². The number of carbonyl (C=O) groups is 7. The van der Waals surface area contributed by atoms with Gasteiger partial charge in [-0.25, -0.2) is 0 Å². The number of likely N-dealkylation sites (N-methyl/N-ethyl adjacent to an activating group) is 6. The van der Waals surface area contributed by atoms with E-state index < -0.39 is 11.9 Å². The molecule has 0 radical (unpaired) electrons. The molecule has 6 saturated heterocycles. The maximum Gasteiger partial charge on any atom is 0.308 e. The zero-order valence-corrected chi connectivity index (χ0v) is 57.1. The summed E-state index contributed by atoms with van der Waals surface area (Å²) in [5.41, 5.74) is 23.1. The van der Waals surface area contributed by atoms with Crippen LogP contribution in [0.5, 0.6) is 0 Å². The fourth-order valence-corrected chi connectivity index (χ4v) is 14.6. The summed E-state index contributed by atoms with van der Waals surface area (Å²) in [6.07, 6.45) is 36.3. The second kappa shape index (κ2) is 39.4. The fraction of sp³-hybridized carbons (Fsp3) is 0.712. The number of hydrogen-bond acceptors (Lipinski definition) is 23. The molecule has 24 heteroatoms. The highest BCUT2D eigenvalue weighted by Gasteiger charge is 2.46. The van der Waals surface area contributed by atoms with E-state index in [1.807, 2.05) is 91.0 Å². The SMILES string of the molecule is C#CONC(C)[C@H]1C(N)C[C@H](C(C)=O)N1C.C#CONC(C)[C@H]1C(N)C[C@H](C(C)=O)N1C.C#CONC(C)[C@H]1[C@H](C)C[C@H](C(C)=O)N1C.C#CONC(C)[C@H]1[C@H](C)C[C@H](C(C)=O)N1C.C=C[C@H]1C(C(=O)O)C[C@H](C(C)=O)N1C.C=C[C@H]1[C@H](C)C[C@H](C(C)=O)N1C. The van der Waals surface area contributed by atoms with Crippen LogP contribution in [0.1, 0.15) is 129 Å². The third-order valence-corrected chi connectivity index (χ3v) is 18.9. The van der Waals surface area contributed by atoms with Crippen LogP contribution in [0.3, 0.4) is 0 Å². The molecule has 0 bridgehead atoms. The van der Waals surface area contributed by atoms with Crippen molar-refractivity contribution in [3.63, 3.8) is 0 Å². The molecule has 0 amide bonds. The van der Waals surface area contributed by atoms with Crippen molar-refractivity contribution >= 4 is 40.7 Å². The molecule has 0 aromatic rings. The van der Waals surface area contributed by atoms with Crippen molar-refractivity contribution in [1.82, 2.24) is 51.3 Å². The zero-order chi connectivity index (χ0) is 69.3. The number of carboxylic acids is 1. The summed E-state index contributed by atoms with van der Waals surface area (Å²) < 4.78 is 0. The van der Waals surface area contributed by atoms with E-state index in [1.165, 1.54) is 6.92 Å². The number of aliphatic carboxylic acids is 1. The highest BCUT2D eigenvalue weighted by atomic mass is 16.6. The van der Waals surface area contributed by atoms with Gasteiger partial charge in [0.2, 0.25) is 0 Å². The first-order valence-electron chi connectivity index (χ1n) is 30.8. The molecule has 6 heterocycles. The quantitative estimate of drug-likeness (QED) is 0.0494. The number of ketones is 6. The lowest BCUT2D eigenvalue weighted by Gasteiger charge is -2.30. The Bertz CT molecular complexity index is 2310. The third-order valence-electron chi connectivity index (χ3n) is 18.9. The second-order valence-electron chi connectivity index (χ2n) is 25.3. The molecule has 6 rings (SSSR count). The smallest absolute Gasteiger partial charge is 0.308 e. The van der Waals surface area contributed by atoms with Crippen molar-refractivity contribution in [3.8, 4) is 50.1 Å². The second-order valence-corrected chi connectivity index (χ2v) is 25.3. The van der Waals surface area contributed by atoms with Gasteiger partial charge in [-0.15, -0.1) is 35.1 Å². The van der Waals surface area contributed by atoms with E-state index in [2.05, 4.69) is 82.8 Å². The van der Waals surface area contributed by atoms with Crippen molar-refractivity contribution in [2.75, 3.05) is 42.3 Å². The van der Waals surface area contributed by atoms with Gasteiger partial charge in [0.15, 0.2) is 0 Å². The van der Waals surface area contributed by atoms with Crippen LogP contribution in [-0.2, 0) is 52.9 Å². The lowest BCUT2D eigenvalue weighted by molar-refractivity contribution is -0.142. The van der Waals surface area contributed by atoms with Crippen LogP contribution in [0.4, 0.5) is 0 Å². The van der Waals surface area contributed by atoms with Crippen LogP contribution in [0.2, 0.25) is 0 Å². The van der Waals surface area contributed by atoms with E-state index in [0.29, 0.717) is 43.1 Å². The van der Waals surface area contributed by atoms with E-state index in [0.717, 1.165) is 19.3 Å². The number of terminal acetylenes is 4. The Morgan fingerprint density at radius 3 is 0.878 bits per heavy atom. The number of hydrogen-bond donors (Lipinski definition) is 7. The average molecular weight is 1260 g/mol. The minimum Gasteiger partial charge on any atom is -0.481 e. The first kappa shape index (κ1) is 81.9. The zero-order valence-electron chi connectivity index (χ0n) is 57.1. The molecule has 7 unspecified atom stereocenters. The van der Waals surface area contributed by atoms with Gasteiger partial charge >= 0.3 is 5.97 Å². The fourth-order valence-electron chi connectivity index (χ4n) is 14.6. The molecule has 0 aliphatic carbocycles. The van der Waals surface area contributed by atoms with Crippen molar-refractivity contribution < 1.29 is 58.0 Å². The molecule has 6 aliphatic rings. The van der Waals surface area contributed by atoms with Crippen LogP contribution < -0.4 is 33.4 Å². The maximum absolute atomic E-state index is 11.5. The van der Waals surface area contributed by atoms with Gasteiger partial charge in [-0.3, -0.25) is 63.0 Å². The topological polar surface area (TPSA) is 296 Å². The lowest BCUT2D eigenvalue weighted by atomic mass is 9.96. The van der Waals surface area contributed by atoms with E-state index >= 15 is 0 Å². The monoisotopic (exact) mass is 1260 g/mol. The minimum absolute atomic E-state index is 0.0168. The van der Waals surface area contributed by atoms with Crippen molar-refractivity contribution in [3.05, 3.63) is 25.3 Å². The molecule has 506 valence electrons. The number of carbonyl (C=O) groups excluding carboxylic acids is 6. The summed E-state index contributed by atoms with van der Waals surface area (Å²) in [5.74, 6) is 1.11. The Morgan fingerprint density at radius 1 is 0.433 bits per heavy atom. The van der Waals surface area contributed by atoms with Crippen molar-refractivity contribution in [1.29, 1.82) is 0 Å². The standard InChI is InChI=1S/2C12H20N2O2.2C11H19N3O2.C10H15NO3.C10H17NO/c2*1-6-16-13-9(3)12-8(2)7-11(10(4)15)14(12)5;2*1-5-16-13-7(2)11-9(12)6-10(8(3)15)14(11)4;1-4-8-7(10(13)14)5-9(6(2)12)11(8)3;1-5-9-7(2)6-10(8(3)12)11(9)4/h2*1,8-9,11-13H,7H2,2-5H3;2*1,7,9-11,13H,6,12H2,2-4H3;4,7-9H,1,5H2,2-3H3,(H,13,14);5,7,9-10H,1,6H2,2-4H3/t2*8-,9?,11-,12-;2*7?,9?,10-,11+;7?,8-,9+;7-,9+,10-/m111101/s1. The van der Waals surface area contributed by atoms with Gasteiger partial charge in [0.1, 0.15) is 59.1 Å². The summed E-state index contributed by atoms with van der Waals surface area (Å²) in [4.78, 5) is 110. The maximum atomic E-state index is 11.5. The molecule has 0 spiro atoms. The average Bonchev–Trinajstić information content (AvgIpc) is 2.21. The molecular weight excluding hydrogens is 1150 g/mol. The molecule has 6 fully saturated rings. The number of nitrogens with zero attached hydrogens (tertiary/aromatic N) is 6. The summed E-state index contributed by atoms with van der Waals surface area (Å²) >= 11 is 0. The number of nitrogens with one attached hydrogen (secondary N) is 4. The predicted octanol–water partition coefficient (Wildman–Crippen LogP) is 2.53. The largest absolute Gasteiger partial charge is 0.481 e. The van der Waals surface area contributed by atoms with Gasteiger partial charge < -0.3 is 35.9 Å². The first-order chi connectivity index (χ1) is 42.0. The molecule has 90 heavy (non-hydrogen) atoms. The van der Waals surface area contributed by atoms with Crippen LogP contribution in [-0.4, -0.2) is 226 Å². The van der Waals surface area contributed by atoms with Crippen LogP contribution >= 0.6 is 0 Å². The number of Topliss-reactive ketones (excluding diaryl/α,β-unsaturated/α-hetero) is 6. The number of nitrogens with two attached hydrogens (primary N) is 2. The molecule has 9 N–H and O–H groups in total. The molecule has 0 aromatic carbocycles. The highest BCUT2D eigenvalue weighted by molar-refractivity contribution is 5.85. The Labute approximate surface area is 538 Å². The van der Waals surface area contributed by atoms with Crippen LogP contribution in [0.15, 0.2) is 25.3 Å². The number of hydroxylamine groups is 4. The summed E-state index contributed by atoms with van der Waals surface area (Å²) in [6, 6.07) is 0.471. The molecule has 6 aliphatic heterocycles.